The number of hydrogen-bond donors (Lipinski definition) is 2. The SMILES string of the molecule is COc1ccc(-c2ccc([C@@H](C)n3ccc4c(F)ccc(C(=O)NC5CC6(C5)CC(C(=O)O)C6)c43)cc2)cn1. The third-order valence-electron chi connectivity index (χ3n) is 8.56. The summed E-state index contributed by atoms with van der Waals surface area (Å²) in [5.74, 6) is -1.04. The fourth-order valence-corrected chi connectivity index (χ4v) is 6.39. The minimum Gasteiger partial charge on any atom is -0.481 e. The number of ether oxygens (including phenoxy) is 1. The molecule has 2 saturated carbocycles. The number of nitrogens with zero attached hydrogens (tertiary/aromatic N) is 2. The smallest absolute Gasteiger partial charge is 0.306 e. The van der Waals surface area contributed by atoms with Crippen molar-refractivity contribution < 1.29 is 23.8 Å². The number of carbonyl (C=O) groups is 2. The van der Waals surface area contributed by atoms with Crippen molar-refractivity contribution >= 4 is 22.8 Å². The lowest BCUT2D eigenvalue weighted by Gasteiger charge is -2.56. The number of methoxy groups -OCH3 is 1. The van der Waals surface area contributed by atoms with E-state index in [0.29, 0.717) is 35.2 Å². The van der Waals surface area contributed by atoms with Crippen molar-refractivity contribution in [1.82, 2.24) is 14.9 Å². The molecule has 2 heterocycles. The van der Waals surface area contributed by atoms with Crippen LogP contribution in [0.2, 0.25) is 0 Å². The van der Waals surface area contributed by atoms with E-state index in [1.165, 1.54) is 6.07 Å². The summed E-state index contributed by atoms with van der Waals surface area (Å²) < 4.78 is 21.9. The number of fused-ring (bicyclic) bond motifs is 1. The molecule has 1 spiro atoms. The van der Waals surface area contributed by atoms with Crippen molar-refractivity contribution in [3.8, 4) is 17.0 Å². The number of amides is 1. The molecule has 2 fully saturated rings. The molecule has 200 valence electrons. The van der Waals surface area contributed by atoms with Crippen LogP contribution < -0.4 is 10.1 Å². The highest BCUT2D eigenvalue weighted by atomic mass is 19.1. The zero-order valence-corrected chi connectivity index (χ0v) is 21.9. The second-order valence-electron chi connectivity index (χ2n) is 11.0. The number of carboxylic acids is 1. The molecule has 0 unspecified atom stereocenters. The number of hydrogen-bond acceptors (Lipinski definition) is 4. The molecule has 2 aliphatic carbocycles. The van der Waals surface area contributed by atoms with Gasteiger partial charge in [0, 0.05) is 35.5 Å². The molecule has 0 aliphatic heterocycles. The van der Waals surface area contributed by atoms with E-state index in [-0.39, 0.29) is 35.1 Å². The van der Waals surface area contributed by atoms with Gasteiger partial charge >= 0.3 is 5.97 Å². The summed E-state index contributed by atoms with van der Waals surface area (Å²) in [6.07, 6.45) is 6.55. The van der Waals surface area contributed by atoms with Gasteiger partial charge < -0.3 is 19.7 Å². The van der Waals surface area contributed by atoms with Gasteiger partial charge in [0.05, 0.1) is 30.1 Å². The maximum absolute atomic E-state index is 14.8. The topological polar surface area (TPSA) is 93.5 Å². The maximum Gasteiger partial charge on any atom is 0.306 e. The van der Waals surface area contributed by atoms with Crippen LogP contribution in [0.3, 0.4) is 0 Å². The number of benzene rings is 2. The highest BCUT2D eigenvalue weighted by Gasteiger charge is 2.55. The van der Waals surface area contributed by atoms with Crippen LogP contribution in [0.1, 0.15) is 54.6 Å². The molecule has 0 saturated heterocycles. The van der Waals surface area contributed by atoms with Crippen molar-refractivity contribution in [3.05, 3.63) is 83.9 Å². The Bertz CT molecular complexity index is 1550. The summed E-state index contributed by atoms with van der Waals surface area (Å²) in [6, 6.07) is 16.4. The van der Waals surface area contributed by atoms with Gasteiger partial charge in [0.2, 0.25) is 5.88 Å². The maximum atomic E-state index is 14.8. The zero-order chi connectivity index (χ0) is 27.3. The zero-order valence-electron chi connectivity index (χ0n) is 21.9. The number of halogens is 1. The molecule has 0 radical (unpaired) electrons. The number of pyridine rings is 1. The monoisotopic (exact) mass is 527 g/mol. The lowest BCUT2D eigenvalue weighted by Crippen LogP contribution is -2.57. The molecular weight excluding hydrogens is 497 g/mol. The molecule has 2 N–H and O–H groups in total. The summed E-state index contributed by atoms with van der Waals surface area (Å²) in [4.78, 5) is 28.8. The van der Waals surface area contributed by atoms with Crippen LogP contribution >= 0.6 is 0 Å². The van der Waals surface area contributed by atoms with Crippen LogP contribution in [0.5, 0.6) is 5.88 Å². The lowest BCUT2D eigenvalue weighted by atomic mass is 9.50. The summed E-state index contributed by atoms with van der Waals surface area (Å²) in [5, 5.41) is 12.7. The second kappa shape index (κ2) is 9.52. The first kappa shape index (κ1) is 25.1. The van der Waals surface area contributed by atoms with Crippen LogP contribution in [-0.2, 0) is 4.79 Å². The number of rotatable bonds is 7. The summed E-state index contributed by atoms with van der Waals surface area (Å²) in [5.41, 5.74) is 4.06. The molecule has 1 amide bonds. The summed E-state index contributed by atoms with van der Waals surface area (Å²) >= 11 is 0. The molecule has 2 aromatic carbocycles. The fraction of sp³-hybridized carbons (Fsp3) is 0.323. The first-order valence-electron chi connectivity index (χ1n) is 13.2. The Morgan fingerprint density at radius 2 is 1.77 bits per heavy atom. The quantitative estimate of drug-likeness (QED) is 0.315. The number of carboxylic acid groups (broad SMARTS) is 1. The van der Waals surface area contributed by atoms with Gasteiger partial charge in [-0.15, -0.1) is 0 Å². The van der Waals surface area contributed by atoms with E-state index in [9.17, 15) is 19.1 Å². The van der Waals surface area contributed by atoms with Gasteiger partial charge in [-0.2, -0.15) is 0 Å². The molecule has 7 nitrogen and oxygen atoms in total. The average Bonchev–Trinajstić information content (AvgIpc) is 3.35. The fourth-order valence-electron chi connectivity index (χ4n) is 6.39. The van der Waals surface area contributed by atoms with Gasteiger partial charge in [0.25, 0.3) is 5.91 Å². The third kappa shape index (κ3) is 4.43. The Hall–Kier alpha value is -4.20. The lowest BCUT2D eigenvalue weighted by molar-refractivity contribution is -0.155. The Morgan fingerprint density at radius 1 is 1.05 bits per heavy atom. The molecule has 39 heavy (non-hydrogen) atoms. The van der Waals surface area contributed by atoms with E-state index in [1.54, 1.807) is 25.4 Å². The molecule has 6 rings (SSSR count). The molecule has 4 aromatic rings. The Morgan fingerprint density at radius 3 is 2.41 bits per heavy atom. The van der Waals surface area contributed by atoms with Gasteiger partial charge in [-0.3, -0.25) is 9.59 Å². The van der Waals surface area contributed by atoms with Gasteiger partial charge in [0.15, 0.2) is 0 Å². The van der Waals surface area contributed by atoms with E-state index >= 15 is 0 Å². The number of nitrogens with one attached hydrogen (secondary N) is 1. The van der Waals surface area contributed by atoms with Gasteiger partial charge in [-0.1, -0.05) is 24.3 Å². The van der Waals surface area contributed by atoms with Crippen LogP contribution in [0.25, 0.3) is 22.0 Å². The van der Waals surface area contributed by atoms with Gasteiger partial charge in [-0.25, -0.2) is 9.37 Å². The van der Waals surface area contributed by atoms with Crippen molar-refractivity contribution in [2.45, 2.75) is 44.7 Å². The average molecular weight is 528 g/mol. The summed E-state index contributed by atoms with van der Waals surface area (Å²) in [7, 11) is 1.58. The predicted molar refractivity (Wildman–Crippen MR) is 145 cm³/mol. The van der Waals surface area contributed by atoms with E-state index in [0.717, 1.165) is 29.5 Å². The van der Waals surface area contributed by atoms with Crippen molar-refractivity contribution in [2.75, 3.05) is 7.11 Å². The van der Waals surface area contributed by atoms with E-state index in [1.807, 2.05) is 54.1 Å². The number of aliphatic carboxylic acids is 1. The van der Waals surface area contributed by atoms with Crippen molar-refractivity contribution in [2.24, 2.45) is 11.3 Å². The van der Waals surface area contributed by atoms with Crippen LogP contribution in [0.4, 0.5) is 4.39 Å². The number of aromatic nitrogens is 2. The molecule has 2 aromatic heterocycles. The van der Waals surface area contributed by atoms with E-state index < -0.39 is 5.97 Å². The molecule has 8 heteroatoms. The Kier molecular flexibility index (Phi) is 6.13. The Labute approximate surface area is 225 Å². The van der Waals surface area contributed by atoms with Crippen molar-refractivity contribution in [1.29, 1.82) is 0 Å². The summed E-state index contributed by atoms with van der Waals surface area (Å²) in [6.45, 7) is 2.03. The minimum absolute atomic E-state index is 0.00757. The van der Waals surface area contributed by atoms with Gasteiger partial charge in [0.1, 0.15) is 5.82 Å². The highest BCUT2D eigenvalue weighted by molar-refractivity contribution is 6.06. The van der Waals surface area contributed by atoms with Gasteiger partial charge in [-0.05, 0) is 73.4 Å². The molecule has 1 atom stereocenters. The first-order chi connectivity index (χ1) is 18.8. The van der Waals surface area contributed by atoms with Crippen LogP contribution in [0.15, 0.2) is 67.0 Å². The largest absolute Gasteiger partial charge is 0.481 e. The first-order valence-corrected chi connectivity index (χ1v) is 13.2. The van der Waals surface area contributed by atoms with E-state index in [2.05, 4.69) is 10.3 Å². The van der Waals surface area contributed by atoms with E-state index in [4.69, 9.17) is 4.74 Å². The second-order valence-corrected chi connectivity index (χ2v) is 11.0. The standard InChI is InChI=1S/C31H30FN3O4/c1-18(19-3-5-20(6-4-19)21-7-10-27(39-2)33-17-21)35-12-11-24-26(32)9-8-25(28(24)35)29(36)34-23-15-31(16-23)13-22(14-31)30(37)38/h3-12,17-18,22-23H,13-16H2,1-2H3,(H,34,36)(H,37,38)/t18-,22?,23?,31?/m1/s1. The minimum atomic E-state index is -0.732. The molecular formula is C31H30FN3O4. The Balaban J connectivity index is 1.21. The third-order valence-corrected chi connectivity index (χ3v) is 8.56. The highest BCUT2D eigenvalue weighted by Crippen LogP contribution is 2.58. The predicted octanol–water partition coefficient (Wildman–Crippen LogP) is 5.83. The normalized spacial score (nSPS) is 22.6. The molecule has 0 bridgehead atoms. The van der Waals surface area contributed by atoms with Crippen LogP contribution in [-0.4, -0.2) is 39.7 Å². The van der Waals surface area contributed by atoms with Crippen molar-refractivity contribution in [3.63, 3.8) is 0 Å². The number of carbonyl (C=O) groups excluding carboxylic acids is 1. The molecule has 2 aliphatic rings. The van der Waals surface area contributed by atoms with Crippen LogP contribution in [0, 0.1) is 17.2 Å².